The fourth-order valence-corrected chi connectivity index (χ4v) is 3.71. The van der Waals surface area contributed by atoms with Gasteiger partial charge in [0.15, 0.2) is 17.1 Å². The van der Waals surface area contributed by atoms with E-state index in [1.165, 1.54) is 24.1 Å². The Bertz CT molecular complexity index is 1200. The molecule has 31 heavy (non-hydrogen) atoms. The van der Waals surface area contributed by atoms with Crippen molar-refractivity contribution in [1.82, 2.24) is 9.88 Å². The molecule has 0 bridgehead atoms. The molecule has 0 radical (unpaired) electrons. The summed E-state index contributed by atoms with van der Waals surface area (Å²) in [4.78, 5) is 42.3. The Labute approximate surface area is 176 Å². The number of amides is 2. The van der Waals surface area contributed by atoms with Crippen molar-refractivity contribution in [2.45, 2.75) is 13.0 Å². The molecule has 1 saturated heterocycles. The minimum Gasteiger partial charge on any atom is -0.494 e. The van der Waals surface area contributed by atoms with Crippen LogP contribution in [0.4, 0.5) is 15.8 Å². The molecule has 0 unspecified atom stereocenters. The van der Waals surface area contributed by atoms with Gasteiger partial charge >= 0.3 is 17.6 Å². The van der Waals surface area contributed by atoms with Crippen LogP contribution in [-0.2, 0) is 9.59 Å². The number of rotatable bonds is 3. The molecule has 9 nitrogen and oxygen atoms in total. The van der Waals surface area contributed by atoms with Gasteiger partial charge in [0.2, 0.25) is 0 Å². The van der Waals surface area contributed by atoms with Crippen molar-refractivity contribution < 1.29 is 23.1 Å². The number of oxazole rings is 1. The number of hydrogen-bond donors (Lipinski definition) is 2. The lowest BCUT2D eigenvalue weighted by Gasteiger charge is -2.41. The number of methoxy groups -OCH3 is 1. The van der Waals surface area contributed by atoms with E-state index in [4.69, 9.17) is 9.15 Å². The molecule has 2 amide bonds. The molecular weight excluding hydrogens is 407 g/mol. The van der Waals surface area contributed by atoms with E-state index in [0.717, 1.165) is 0 Å². The van der Waals surface area contributed by atoms with Gasteiger partial charge in [0.1, 0.15) is 0 Å². The van der Waals surface area contributed by atoms with Crippen LogP contribution in [0.5, 0.6) is 5.75 Å². The lowest BCUT2D eigenvalue weighted by atomic mass is 10.1. The fourth-order valence-electron chi connectivity index (χ4n) is 3.71. The third-order valence-corrected chi connectivity index (χ3v) is 5.25. The van der Waals surface area contributed by atoms with Crippen LogP contribution in [0, 0.1) is 5.82 Å². The topological polar surface area (TPSA) is 108 Å². The van der Waals surface area contributed by atoms with Gasteiger partial charge in [-0.2, -0.15) is 0 Å². The Balaban J connectivity index is 1.40. The van der Waals surface area contributed by atoms with Crippen molar-refractivity contribution in [3.05, 3.63) is 52.8 Å². The number of nitrogens with zero attached hydrogens (tertiary/aromatic N) is 2. The third kappa shape index (κ3) is 4.09. The minimum absolute atomic E-state index is 0.122. The van der Waals surface area contributed by atoms with E-state index in [0.29, 0.717) is 36.5 Å². The molecule has 2 aromatic carbocycles. The molecule has 10 heteroatoms. The standard InChI is InChI=1S/C21H21FN4O5/c1-12-11-25(7-8-26(12)14-4-6-17(30-2)15(22)10-14)20(28)19(27)23-13-3-5-16-18(9-13)31-21(29)24-16/h3-6,9-10,12H,7-8,11H2,1-2H3,(H,23,27)(H,24,29)/t12-/m1/s1. The predicted molar refractivity (Wildman–Crippen MR) is 112 cm³/mol. The zero-order chi connectivity index (χ0) is 22.1. The summed E-state index contributed by atoms with van der Waals surface area (Å²) in [6.07, 6.45) is 0. The van der Waals surface area contributed by atoms with E-state index < -0.39 is 23.4 Å². The number of benzene rings is 2. The van der Waals surface area contributed by atoms with E-state index in [-0.39, 0.29) is 17.4 Å². The van der Waals surface area contributed by atoms with Crippen molar-refractivity contribution in [3.8, 4) is 5.75 Å². The predicted octanol–water partition coefficient (Wildman–Crippen LogP) is 1.94. The molecule has 0 saturated carbocycles. The van der Waals surface area contributed by atoms with Gasteiger partial charge in [-0.25, -0.2) is 9.18 Å². The van der Waals surface area contributed by atoms with Crippen LogP contribution < -0.4 is 20.7 Å². The van der Waals surface area contributed by atoms with Gasteiger partial charge in [0.25, 0.3) is 0 Å². The summed E-state index contributed by atoms with van der Waals surface area (Å²) >= 11 is 0. The van der Waals surface area contributed by atoms with Crippen LogP contribution in [0.3, 0.4) is 0 Å². The Morgan fingerprint density at radius 1 is 1.23 bits per heavy atom. The van der Waals surface area contributed by atoms with Gasteiger partial charge in [-0.15, -0.1) is 0 Å². The highest BCUT2D eigenvalue weighted by molar-refractivity contribution is 6.39. The van der Waals surface area contributed by atoms with Gasteiger partial charge in [-0.3, -0.25) is 14.6 Å². The molecular formula is C21H21FN4O5. The summed E-state index contributed by atoms with van der Waals surface area (Å²) in [6.45, 7) is 2.98. The summed E-state index contributed by atoms with van der Waals surface area (Å²) in [5.74, 6) is -2.34. The lowest BCUT2D eigenvalue weighted by Crippen LogP contribution is -2.55. The van der Waals surface area contributed by atoms with Crippen molar-refractivity contribution in [2.24, 2.45) is 0 Å². The van der Waals surface area contributed by atoms with Crippen LogP contribution in [0.2, 0.25) is 0 Å². The van der Waals surface area contributed by atoms with Crippen LogP contribution in [0.1, 0.15) is 6.92 Å². The molecule has 3 aromatic rings. The second kappa shape index (κ2) is 8.13. The quantitative estimate of drug-likeness (QED) is 0.618. The number of aromatic amines is 1. The maximum Gasteiger partial charge on any atom is 0.417 e. The summed E-state index contributed by atoms with van der Waals surface area (Å²) in [5.41, 5.74) is 1.80. The van der Waals surface area contributed by atoms with Crippen LogP contribution >= 0.6 is 0 Å². The van der Waals surface area contributed by atoms with Gasteiger partial charge in [-0.05, 0) is 31.2 Å². The average Bonchev–Trinajstić information content (AvgIpc) is 3.12. The lowest BCUT2D eigenvalue weighted by molar-refractivity contribution is -0.143. The fraction of sp³-hybridized carbons (Fsp3) is 0.286. The van der Waals surface area contributed by atoms with Gasteiger partial charge in [0.05, 0.1) is 12.6 Å². The molecule has 1 atom stereocenters. The highest BCUT2D eigenvalue weighted by Gasteiger charge is 2.30. The monoisotopic (exact) mass is 428 g/mol. The van der Waals surface area contributed by atoms with Gasteiger partial charge < -0.3 is 24.3 Å². The van der Waals surface area contributed by atoms with E-state index in [1.54, 1.807) is 24.3 Å². The number of piperazine rings is 1. The molecule has 2 heterocycles. The van der Waals surface area contributed by atoms with Crippen molar-refractivity contribution in [3.63, 3.8) is 0 Å². The first-order valence-electron chi connectivity index (χ1n) is 9.69. The van der Waals surface area contributed by atoms with Crippen LogP contribution in [-0.4, -0.2) is 54.5 Å². The second-order valence-electron chi connectivity index (χ2n) is 7.29. The molecule has 2 N–H and O–H groups in total. The smallest absolute Gasteiger partial charge is 0.417 e. The van der Waals surface area contributed by atoms with Crippen molar-refractivity contribution in [1.29, 1.82) is 0 Å². The van der Waals surface area contributed by atoms with E-state index >= 15 is 0 Å². The number of carbonyl (C=O) groups is 2. The summed E-state index contributed by atoms with van der Waals surface area (Å²) in [7, 11) is 1.41. The maximum absolute atomic E-state index is 14.1. The Hall–Kier alpha value is -3.82. The Kier molecular flexibility index (Phi) is 5.37. The second-order valence-corrected chi connectivity index (χ2v) is 7.29. The molecule has 162 valence electrons. The summed E-state index contributed by atoms with van der Waals surface area (Å²) < 4.78 is 24.0. The normalized spacial score (nSPS) is 16.4. The first-order chi connectivity index (χ1) is 14.9. The third-order valence-electron chi connectivity index (χ3n) is 5.25. The van der Waals surface area contributed by atoms with Crippen molar-refractivity contribution >= 4 is 34.3 Å². The molecule has 1 aromatic heterocycles. The van der Waals surface area contributed by atoms with Gasteiger partial charge in [-0.1, -0.05) is 0 Å². The molecule has 0 spiro atoms. The number of nitrogens with one attached hydrogen (secondary N) is 2. The first-order valence-corrected chi connectivity index (χ1v) is 9.69. The number of halogens is 1. The number of H-pyrrole nitrogens is 1. The highest BCUT2D eigenvalue weighted by Crippen LogP contribution is 2.26. The molecule has 4 rings (SSSR count). The zero-order valence-electron chi connectivity index (χ0n) is 17.0. The Morgan fingerprint density at radius 2 is 2.03 bits per heavy atom. The number of carbonyl (C=O) groups excluding carboxylic acids is 2. The van der Waals surface area contributed by atoms with Crippen LogP contribution in [0.15, 0.2) is 45.6 Å². The number of hydrogen-bond acceptors (Lipinski definition) is 6. The summed E-state index contributed by atoms with van der Waals surface area (Å²) in [6, 6.07) is 9.21. The molecule has 1 aliphatic rings. The highest BCUT2D eigenvalue weighted by atomic mass is 19.1. The van der Waals surface area contributed by atoms with E-state index in [1.807, 2.05) is 11.8 Å². The molecule has 1 aliphatic heterocycles. The van der Waals surface area contributed by atoms with E-state index in [2.05, 4.69) is 10.3 Å². The number of anilines is 2. The van der Waals surface area contributed by atoms with Crippen molar-refractivity contribution in [2.75, 3.05) is 37.0 Å². The first kappa shape index (κ1) is 20.5. The summed E-state index contributed by atoms with van der Waals surface area (Å²) in [5, 5.41) is 2.54. The number of ether oxygens (including phenoxy) is 1. The number of aromatic nitrogens is 1. The SMILES string of the molecule is COc1ccc(N2CCN(C(=O)C(=O)Nc3ccc4[nH]c(=O)oc4c3)C[C@H]2C)cc1F. The molecule has 1 fully saturated rings. The van der Waals surface area contributed by atoms with Gasteiger partial charge in [0, 0.05) is 49.2 Å². The molecule has 0 aliphatic carbocycles. The number of fused-ring (bicyclic) bond motifs is 1. The average molecular weight is 428 g/mol. The zero-order valence-corrected chi connectivity index (χ0v) is 17.0. The van der Waals surface area contributed by atoms with E-state index in [9.17, 15) is 18.8 Å². The largest absolute Gasteiger partial charge is 0.494 e. The minimum atomic E-state index is -0.784. The van der Waals surface area contributed by atoms with Crippen LogP contribution in [0.25, 0.3) is 11.1 Å². The Morgan fingerprint density at radius 3 is 2.74 bits per heavy atom. The maximum atomic E-state index is 14.1.